The van der Waals surface area contributed by atoms with Crippen LogP contribution in [0.1, 0.15) is 13.8 Å². The molecular weight excluding hydrogens is 320 g/mol. The molecule has 2 heterocycles. The highest BCUT2D eigenvalue weighted by molar-refractivity contribution is 9.10. The van der Waals surface area contributed by atoms with Crippen molar-refractivity contribution in [2.24, 2.45) is 0 Å². The van der Waals surface area contributed by atoms with Crippen molar-refractivity contribution in [3.05, 3.63) is 22.1 Å². The van der Waals surface area contributed by atoms with E-state index in [0.29, 0.717) is 17.5 Å². The van der Waals surface area contributed by atoms with Gasteiger partial charge < -0.3 is 9.32 Å². The van der Waals surface area contributed by atoms with Crippen LogP contribution in [0.25, 0.3) is 11.6 Å². The third-order valence-corrected chi connectivity index (χ3v) is 3.26. The smallest absolute Gasteiger partial charge is 0.230 e. The molecule has 0 saturated carbocycles. The number of anilines is 1. The Morgan fingerprint density at radius 2 is 2.00 bits per heavy atom. The summed E-state index contributed by atoms with van der Waals surface area (Å²) in [4.78, 5) is 14.6. The zero-order valence-corrected chi connectivity index (χ0v) is 12.4. The lowest BCUT2D eigenvalue weighted by atomic mass is 10.4. The van der Waals surface area contributed by atoms with Crippen LogP contribution in [0.15, 0.2) is 21.2 Å². The van der Waals surface area contributed by atoms with E-state index in [9.17, 15) is 0 Å². The second kappa shape index (κ2) is 5.67. The number of aromatic nitrogens is 3. The molecular formula is C11H12BrClN4O. The maximum atomic E-state index is 5.93. The summed E-state index contributed by atoms with van der Waals surface area (Å²) in [6.07, 6.45) is 1.56. The number of furan rings is 1. The Labute approximate surface area is 118 Å². The van der Waals surface area contributed by atoms with Gasteiger partial charge in [0.05, 0.1) is 10.7 Å². The molecule has 7 heteroatoms. The van der Waals surface area contributed by atoms with E-state index < -0.39 is 0 Å². The van der Waals surface area contributed by atoms with E-state index in [0.717, 1.165) is 17.6 Å². The Balaban J connectivity index is 2.47. The highest BCUT2D eigenvalue weighted by Crippen LogP contribution is 2.28. The van der Waals surface area contributed by atoms with Crippen LogP contribution in [0.3, 0.4) is 0 Å². The first-order valence-electron chi connectivity index (χ1n) is 5.55. The summed E-state index contributed by atoms with van der Waals surface area (Å²) in [7, 11) is 0. The van der Waals surface area contributed by atoms with E-state index in [2.05, 4.69) is 30.9 Å². The lowest BCUT2D eigenvalue weighted by molar-refractivity contribution is 0.575. The van der Waals surface area contributed by atoms with Gasteiger partial charge in [-0.15, -0.1) is 0 Å². The van der Waals surface area contributed by atoms with Gasteiger partial charge in [-0.05, 0) is 47.4 Å². The minimum Gasteiger partial charge on any atom is -0.460 e. The third-order valence-electron chi connectivity index (χ3n) is 2.46. The van der Waals surface area contributed by atoms with Crippen LogP contribution in [0.4, 0.5) is 5.95 Å². The highest BCUT2D eigenvalue weighted by atomic mass is 79.9. The highest BCUT2D eigenvalue weighted by Gasteiger charge is 2.15. The first-order valence-corrected chi connectivity index (χ1v) is 6.72. The Morgan fingerprint density at radius 1 is 1.28 bits per heavy atom. The molecule has 0 aliphatic carbocycles. The standard InChI is InChI=1S/C11H12BrClN4O/c1-3-17(4-2)11-15-9(14-10(13)16-11)8-7(12)5-6-18-8/h5-6H,3-4H2,1-2H3. The molecule has 2 aromatic rings. The van der Waals surface area contributed by atoms with Crippen LogP contribution < -0.4 is 4.90 Å². The number of hydrogen-bond acceptors (Lipinski definition) is 5. The summed E-state index contributed by atoms with van der Waals surface area (Å²) in [6.45, 7) is 5.67. The quantitative estimate of drug-likeness (QED) is 0.859. The van der Waals surface area contributed by atoms with Gasteiger partial charge in [-0.25, -0.2) is 0 Å². The molecule has 0 aliphatic heterocycles. The van der Waals surface area contributed by atoms with Crippen molar-refractivity contribution < 1.29 is 4.42 Å². The Kier molecular flexibility index (Phi) is 4.19. The summed E-state index contributed by atoms with van der Waals surface area (Å²) in [6, 6.07) is 1.78. The Bertz CT molecular complexity index is 542. The van der Waals surface area contributed by atoms with Crippen molar-refractivity contribution in [3.8, 4) is 11.6 Å². The molecule has 0 saturated heterocycles. The summed E-state index contributed by atoms with van der Waals surface area (Å²) in [5, 5.41) is 0.158. The fourth-order valence-corrected chi connectivity index (χ4v) is 2.08. The number of nitrogens with zero attached hydrogens (tertiary/aromatic N) is 4. The molecule has 0 spiro atoms. The normalized spacial score (nSPS) is 10.7. The van der Waals surface area contributed by atoms with E-state index in [-0.39, 0.29) is 5.28 Å². The molecule has 2 aromatic heterocycles. The number of rotatable bonds is 4. The molecule has 0 atom stereocenters. The zero-order valence-electron chi connectivity index (χ0n) is 10.0. The van der Waals surface area contributed by atoms with Crippen molar-refractivity contribution in [1.29, 1.82) is 0 Å². The molecule has 5 nitrogen and oxygen atoms in total. The minimum atomic E-state index is 0.158. The van der Waals surface area contributed by atoms with Crippen molar-refractivity contribution in [2.45, 2.75) is 13.8 Å². The predicted molar refractivity (Wildman–Crippen MR) is 73.8 cm³/mol. The number of hydrogen-bond donors (Lipinski definition) is 0. The molecule has 2 rings (SSSR count). The third kappa shape index (κ3) is 2.64. The molecule has 96 valence electrons. The summed E-state index contributed by atoms with van der Waals surface area (Å²) < 4.78 is 6.12. The van der Waals surface area contributed by atoms with Crippen LogP contribution in [-0.2, 0) is 0 Å². The second-order valence-corrected chi connectivity index (χ2v) is 4.69. The fourth-order valence-electron chi connectivity index (χ4n) is 1.54. The van der Waals surface area contributed by atoms with Crippen LogP contribution in [0, 0.1) is 0 Å². The summed E-state index contributed by atoms with van der Waals surface area (Å²) in [5.41, 5.74) is 0. The average molecular weight is 332 g/mol. The van der Waals surface area contributed by atoms with Crippen molar-refractivity contribution in [2.75, 3.05) is 18.0 Å². The average Bonchev–Trinajstić information content (AvgIpc) is 2.76. The van der Waals surface area contributed by atoms with Crippen molar-refractivity contribution in [1.82, 2.24) is 15.0 Å². The maximum Gasteiger partial charge on any atom is 0.230 e. The maximum absolute atomic E-state index is 5.93. The van der Waals surface area contributed by atoms with Gasteiger partial charge in [-0.3, -0.25) is 0 Å². The predicted octanol–water partition coefficient (Wildman–Crippen LogP) is 3.39. The Hall–Kier alpha value is -1.14. The first-order chi connectivity index (χ1) is 8.65. The van der Waals surface area contributed by atoms with Crippen molar-refractivity contribution >= 4 is 33.5 Å². The topological polar surface area (TPSA) is 55.1 Å². The van der Waals surface area contributed by atoms with E-state index in [4.69, 9.17) is 16.0 Å². The monoisotopic (exact) mass is 330 g/mol. The van der Waals surface area contributed by atoms with Gasteiger partial charge in [0.15, 0.2) is 5.76 Å². The van der Waals surface area contributed by atoms with Crippen LogP contribution >= 0.6 is 27.5 Å². The van der Waals surface area contributed by atoms with Crippen LogP contribution in [0.2, 0.25) is 5.28 Å². The fraction of sp³-hybridized carbons (Fsp3) is 0.364. The summed E-state index contributed by atoms with van der Waals surface area (Å²) in [5.74, 6) is 1.53. The zero-order chi connectivity index (χ0) is 13.1. The molecule has 18 heavy (non-hydrogen) atoms. The van der Waals surface area contributed by atoms with Crippen LogP contribution in [-0.4, -0.2) is 28.0 Å². The molecule has 0 radical (unpaired) electrons. The van der Waals surface area contributed by atoms with Gasteiger partial charge in [-0.1, -0.05) is 0 Å². The van der Waals surface area contributed by atoms with E-state index in [1.807, 2.05) is 18.7 Å². The molecule has 0 unspecified atom stereocenters. The summed E-state index contributed by atoms with van der Waals surface area (Å²) >= 11 is 9.30. The second-order valence-electron chi connectivity index (χ2n) is 3.50. The van der Waals surface area contributed by atoms with Gasteiger partial charge in [0.25, 0.3) is 0 Å². The minimum absolute atomic E-state index is 0.158. The lowest BCUT2D eigenvalue weighted by Gasteiger charge is -2.18. The van der Waals surface area contributed by atoms with Gasteiger partial charge in [-0.2, -0.15) is 15.0 Å². The van der Waals surface area contributed by atoms with Gasteiger partial charge in [0.1, 0.15) is 0 Å². The van der Waals surface area contributed by atoms with Crippen molar-refractivity contribution in [3.63, 3.8) is 0 Å². The van der Waals surface area contributed by atoms with Gasteiger partial charge in [0.2, 0.25) is 17.1 Å². The lowest BCUT2D eigenvalue weighted by Crippen LogP contribution is -2.24. The molecule has 0 amide bonds. The number of halogens is 2. The first kappa shape index (κ1) is 13.3. The molecule has 0 N–H and O–H groups in total. The van der Waals surface area contributed by atoms with E-state index in [1.165, 1.54) is 0 Å². The molecule has 0 aromatic carbocycles. The molecule has 0 aliphatic rings. The van der Waals surface area contributed by atoms with Crippen LogP contribution in [0.5, 0.6) is 0 Å². The van der Waals surface area contributed by atoms with Gasteiger partial charge >= 0.3 is 0 Å². The largest absolute Gasteiger partial charge is 0.460 e. The van der Waals surface area contributed by atoms with E-state index in [1.54, 1.807) is 12.3 Å². The molecule has 0 fully saturated rings. The van der Waals surface area contributed by atoms with E-state index >= 15 is 0 Å². The Morgan fingerprint density at radius 3 is 2.56 bits per heavy atom. The molecule has 0 bridgehead atoms. The van der Waals surface area contributed by atoms with Gasteiger partial charge in [0, 0.05) is 13.1 Å². The SMILES string of the molecule is CCN(CC)c1nc(Cl)nc(-c2occc2Br)n1.